The molecular formula is C18H22F2N2O2S. The minimum absolute atomic E-state index is 0.0779. The van der Waals surface area contributed by atoms with E-state index in [0.29, 0.717) is 25.2 Å². The Labute approximate surface area is 150 Å². The van der Waals surface area contributed by atoms with Crippen molar-refractivity contribution in [3.05, 3.63) is 35.4 Å². The molecule has 7 heteroatoms. The standard InChI is InChI=1S/C18H22F2N2O2S/c1-2-21(17(24)12-4-3-5-12)8-9-22-16(23)11-25-18(22)14-7-6-13(19)10-15(14)20/h6-7,10,12,18H,2-5,8-9,11H2,1H3. The number of rotatable bonds is 6. The van der Waals surface area contributed by atoms with Gasteiger partial charge in [0, 0.05) is 37.2 Å². The minimum atomic E-state index is -0.643. The summed E-state index contributed by atoms with van der Waals surface area (Å²) in [5, 5.41) is -0.467. The number of benzene rings is 1. The van der Waals surface area contributed by atoms with Crippen LogP contribution in [0.2, 0.25) is 0 Å². The van der Waals surface area contributed by atoms with Gasteiger partial charge in [-0.1, -0.05) is 12.5 Å². The van der Waals surface area contributed by atoms with Crippen molar-refractivity contribution in [3.63, 3.8) is 0 Å². The molecule has 1 aromatic rings. The lowest BCUT2D eigenvalue weighted by molar-refractivity contribution is -0.139. The van der Waals surface area contributed by atoms with Crippen LogP contribution in [0, 0.1) is 17.6 Å². The Balaban J connectivity index is 1.68. The molecule has 1 saturated carbocycles. The van der Waals surface area contributed by atoms with Crippen molar-refractivity contribution >= 4 is 23.6 Å². The molecule has 2 amide bonds. The summed E-state index contributed by atoms with van der Waals surface area (Å²) in [6.07, 6.45) is 2.98. The number of hydrogen-bond acceptors (Lipinski definition) is 3. The molecule has 1 saturated heterocycles. The van der Waals surface area contributed by atoms with Crippen LogP contribution in [-0.2, 0) is 9.59 Å². The fourth-order valence-corrected chi connectivity index (χ4v) is 4.46. The maximum absolute atomic E-state index is 14.1. The first kappa shape index (κ1) is 18.2. The molecule has 2 aliphatic rings. The van der Waals surface area contributed by atoms with E-state index in [1.165, 1.54) is 23.9 Å². The summed E-state index contributed by atoms with van der Waals surface area (Å²) < 4.78 is 27.2. The molecule has 1 aliphatic heterocycles. The van der Waals surface area contributed by atoms with Gasteiger partial charge in [0.1, 0.15) is 17.0 Å². The van der Waals surface area contributed by atoms with Gasteiger partial charge in [0.25, 0.3) is 0 Å². The third-order valence-corrected chi connectivity index (χ3v) is 6.19. The number of nitrogens with zero attached hydrogens (tertiary/aromatic N) is 2. The third kappa shape index (κ3) is 3.81. The second-order valence-corrected chi connectivity index (χ2v) is 7.53. The van der Waals surface area contributed by atoms with Crippen LogP contribution in [0.1, 0.15) is 37.1 Å². The van der Waals surface area contributed by atoms with Crippen LogP contribution < -0.4 is 0 Å². The Kier molecular flexibility index (Phi) is 5.61. The van der Waals surface area contributed by atoms with E-state index in [-0.39, 0.29) is 23.5 Å². The predicted octanol–water partition coefficient (Wildman–Crippen LogP) is 3.19. The molecule has 0 aromatic heterocycles. The average Bonchev–Trinajstić information content (AvgIpc) is 2.87. The Morgan fingerprint density at radius 2 is 2.12 bits per heavy atom. The summed E-state index contributed by atoms with van der Waals surface area (Å²) in [7, 11) is 0. The van der Waals surface area contributed by atoms with Gasteiger partial charge in [0.15, 0.2) is 0 Å². The van der Waals surface area contributed by atoms with Gasteiger partial charge in [-0.15, -0.1) is 11.8 Å². The highest BCUT2D eigenvalue weighted by atomic mass is 32.2. The Hall–Kier alpha value is -1.63. The van der Waals surface area contributed by atoms with Crippen molar-refractivity contribution < 1.29 is 18.4 Å². The first-order valence-electron chi connectivity index (χ1n) is 8.66. The molecule has 1 aliphatic carbocycles. The number of likely N-dealkylation sites (N-methyl/N-ethyl adjacent to an activating group) is 1. The van der Waals surface area contributed by atoms with Crippen LogP contribution in [0.4, 0.5) is 8.78 Å². The summed E-state index contributed by atoms with van der Waals surface area (Å²) >= 11 is 1.33. The van der Waals surface area contributed by atoms with Gasteiger partial charge in [0.2, 0.25) is 11.8 Å². The maximum Gasteiger partial charge on any atom is 0.233 e. The third-order valence-electron chi connectivity index (χ3n) is 4.96. The van der Waals surface area contributed by atoms with Crippen LogP contribution in [0.15, 0.2) is 18.2 Å². The van der Waals surface area contributed by atoms with Crippen molar-refractivity contribution in [2.45, 2.75) is 31.6 Å². The van der Waals surface area contributed by atoms with Gasteiger partial charge < -0.3 is 9.80 Å². The molecule has 0 radical (unpaired) electrons. The van der Waals surface area contributed by atoms with E-state index >= 15 is 0 Å². The van der Waals surface area contributed by atoms with Crippen LogP contribution in [0.5, 0.6) is 0 Å². The lowest BCUT2D eigenvalue weighted by atomic mass is 9.84. The SMILES string of the molecule is CCN(CCN1C(=O)CSC1c1ccc(F)cc1F)C(=O)C1CCC1. The Bertz CT molecular complexity index is 666. The smallest absolute Gasteiger partial charge is 0.233 e. The molecule has 2 fully saturated rings. The zero-order chi connectivity index (χ0) is 18.0. The Morgan fingerprint density at radius 1 is 1.36 bits per heavy atom. The zero-order valence-corrected chi connectivity index (χ0v) is 15.0. The monoisotopic (exact) mass is 368 g/mol. The first-order chi connectivity index (χ1) is 12.0. The van der Waals surface area contributed by atoms with Gasteiger partial charge in [-0.25, -0.2) is 8.78 Å². The second-order valence-electron chi connectivity index (χ2n) is 6.46. The van der Waals surface area contributed by atoms with Gasteiger partial charge in [-0.3, -0.25) is 9.59 Å². The van der Waals surface area contributed by atoms with E-state index in [0.717, 1.165) is 25.3 Å². The van der Waals surface area contributed by atoms with Crippen LogP contribution in [-0.4, -0.2) is 47.0 Å². The molecule has 0 bridgehead atoms. The lowest BCUT2D eigenvalue weighted by Gasteiger charge is -2.33. The topological polar surface area (TPSA) is 40.6 Å². The first-order valence-corrected chi connectivity index (χ1v) is 9.71. The molecular weight excluding hydrogens is 346 g/mol. The van der Waals surface area contributed by atoms with Gasteiger partial charge in [0.05, 0.1) is 5.75 Å². The van der Waals surface area contributed by atoms with Gasteiger partial charge >= 0.3 is 0 Å². The molecule has 3 rings (SSSR count). The van der Waals surface area contributed by atoms with Crippen LogP contribution in [0.25, 0.3) is 0 Å². The zero-order valence-electron chi connectivity index (χ0n) is 14.2. The average molecular weight is 368 g/mol. The van der Waals surface area contributed by atoms with Crippen LogP contribution in [0.3, 0.4) is 0 Å². The molecule has 4 nitrogen and oxygen atoms in total. The minimum Gasteiger partial charge on any atom is -0.341 e. The molecule has 1 atom stereocenters. The largest absolute Gasteiger partial charge is 0.341 e. The van der Waals surface area contributed by atoms with E-state index in [2.05, 4.69) is 0 Å². The fourth-order valence-electron chi connectivity index (χ4n) is 3.22. The number of carbonyl (C=O) groups excluding carboxylic acids is 2. The second kappa shape index (κ2) is 7.72. The molecule has 0 spiro atoms. The normalized spacial score (nSPS) is 20.7. The van der Waals surface area contributed by atoms with Crippen molar-refractivity contribution in [3.8, 4) is 0 Å². The van der Waals surface area contributed by atoms with Crippen molar-refractivity contribution in [2.75, 3.05) is 25.4 Å². The number of thioether (sulfide) groups is 1. The maximum atomic E-state index is 14.1. The van der Waals surface area contributed by atoms with E-state index in [1.54, 1.807) is 9.80 Å². The molecule has 1 aromatic carbocycles. The summed E-state index contributed by atoms with van der Waals surface area (Å²) in [5.74, 6) is -0.817. The molecule has 1 heterocycles. The number of halogens is 2. The van der Waals surface area contributed by atoms with E-state index in [9.17, 15) is 18.4 Å². The van der Waals surface area contributed by atoms with Gasteiger partial charge in [-0.05, 0) is 25.8 Å². The number of amides is 2. The fraction of sp³-hybridized carbons (Fsp3) is 0.556. The molecule has 1 unspecified atom stereocenters. The summed E-state index contributed by atoms with van der Waals surface area (Å²) in [6, 6.07) is 3.44. The molecule has 0 N–H and O–H groups in total. The lowest BCUT2D eigenvalue weighted by Crippen LogP contribution is -2.43. The predicted molar refractivity (Wildman–Crippen MR) is 92.9 cm³/mol. The molecule has 25 heavy (non-hydrogen) atoms. The summed E-state index contributed by atoms with van der Waals surface area (Å²) in [6.45, 7) is 3.32. The molecule has 136 valence electrons. The van der Waals surface area contributed by atoms with Crippen molar-refractivity contribution in [1.29, 1.82) is 0 Å². The van der Waals surface area contributed by atoms with Crippen molar-refractivity contribution in [1.82, 2.24) is 9.80 Å². The van der Waals surface area contributed by atoms with Crippen molar-refractivity contribution in [2.24, 2.45) is 5.92 Å². The highest BCUT2D eigenvalue weighted by Crippen LogP contribution is 2.39. The van der Waals surface area contributed by atoms with E-state index in [1.807, 2.05) is 6.92 Å². The highest BCUT2D eigenvalue weighted by Gasteiger charge is 2.35. The van der Waals surface area contributed by atoms with E-state index in [4.69, 9.17) is 0 Å². The quantitative estimate of drug-likeness (QED) is 0.774. The number of carbonyl (C=O) groups is 2. The van der Waals surface area contributed by atoms with E-state index < -0.39 is 17.0 Å². The van der Waals surface area contributed by atoms with Gasteiger partial charge in [-0.2, -0.15) is 0 Å². The summed E-state index contributed by atoms with van der Waals surface area (Å²) in [4.78, 5) is 28.0. The highest BCUT2D eigenvalue weighted by molar-refractivity contribution is 8.00. The Morgan fingerprint density at radius 3 is 2.72 bits per heavy atom. The number of hydrogen-bond donors (Lipinski definition) is 0. The summed E-state index contributed by atoms with van der Waals surface area (Å²) in [5.41, 5.74) is 0.311. The van der Waals surface area contributed by atoms with Crippen LogP contribution >= 0.6 is 11.8 Å².